The molecule has 0 amide bonds. The highest BCUT2D eigenvalue weighted by Crippen LogP contribution is 2.35. The van der Waals surface area contributed by atoms with E-state index >= 15 is 0 Å². The summed E-state index contributed by atoms with van der Waals surface area (Å²) < 4.78 is 12.5. The minimum atomic E-state index is -2.94. The van der Waals surface area contributed by atoms with Crippen LogP contribution in [0.2, 0.25) is 0 Å². The fourth-order valence-corrected chi connectivity index (χ4v) is 5.67. The summed E-state index contributed by atoms with van der Waals surface area (Å²) in [6.07, 6.45) is 11.1. The second-order valence-corrected chi connectivity index (χ2v) is 8.82. The Morgan fingerprint density at radius 3 is 1.32 bits per heavy atom. The smallest absolute Gasteiger partial charge is 0.305 e. The summed E-state index contributed by atoms with van der Waals surface area (Å²) in [7, 11) is -2.94. The number of likely N-dealkylation sites (tertiary alicyclic amines) is 2. The van der Waals surface area contributed by atoms with Gasteiger partial charge >= 0.3 is 7.37 Å². The molecule has 0 saturated carbocycles. The van der Waals surface area contributed by atoms with Crippen LogP contribution in [0.25, 0.3) is 0 Å². The van der Waals surface area contributed by atoms with Crippen molar-refractivity contribution in [1.29, 1.82) is 0 Å². The molecule has 2 rings (SSSR count). The Kier molecular flexibility index (Phi) is 6.34. The third-order valence-corrected chi connectivity index (χ3v) is 6.45. The molecule has 19 heavy (non-hydrogen) atoms. The molecule has 0 radical (unpaired) electrons. The minimum absolute atomic E-state index is 0.510. The second-order valence-electron chi connectivity index (χ2n) is 6.49. The van der Waals surface area contributed by atoms with Gasteiger partial charge in [-0.15, -0.1) is 0 Å². The largest absolute Gasteiger partial charge is 0.337 e. The quantitative estimate of drug-likeness (QED) is 0.643. The van der Waals surface area contributed by atoms with Crippen LogP contribution in [0, 0.1) is 0 Å². The maximum atomic E-state index is 12.5. The Hall–Kier alpha value is 0.110. The van der Waals surface area contributed by atoms with Crippen molar-refractivity contribution < 1.29 is 19.3 Å². The van der Waals surface area contributed by atoms with Gasteiger partial charge in [-0.05, 0) is 51.4 Å². The molecule has 112 valence electrons. The lowest BCUT2D eigenvalue weighted by Crippen LogP contribution is -3.14. The zero-order valence-electron chi connectivity index (χ0n) is 12.2. The van der Waals surface area contributed by atoms with Crippen LogP contribution in [0.4, 0.5) is 0 Å². The van der Waals surface area contributed by atoms with E-state index in [-0.39, 0.29) is 0 Å². The van der Waals surface area contributed by atoms with Gasteiger partial charge in [0.2, 0.25) is 0 Å². The van der Waals surface area contributed by atoms with Gasteiger partial charge in [-0.25, -0.2) is 0 Å². The summed E-state index contributed by atoms with van der Waals surface area (Å²) in [4.78, 5) is 13.1. The number of rotatable bonds is 4. The molecule has 2 heterocycles. The molecular formula is C14H31N2O2P+2. The van der Waals surface area contributed by atoms with Crippen LogP contribution in [0.5, 0.6) is 0 Å². The van der Waals surface area contributed by atoms with E-state index in [0.717, 1.165) is 26.2 Å². The zero-order chi connectivity index (χ0) is 13.6. The van der Waals surface area contributed by atoms with E-state index in [1.54, 1.807) is 0 Å². The average Bonchev–Trinajstić information content (AvgIpc) is 2.73. The van der Waals surface area contributed by atoms with Crippen LogP contribution < -0.4 is 9.80 Å². The van der Waals surface area contributed by atoms with E-state index in [2.05, 4.69) is 0 Å². The lowest BCUT2D eigenvalue weighted by atomic mass is 10.2. The Labute approximate surface area is 117 Å². The van der Waals surface area contributed by atoms with E-state index in [1.165, 1.54) is 61.2 Å². The van der Waals surface area contributed by atoms with Gasteiger partial charge in [0, 0.05) is 0 Å². The van der Waals surface area contributed by atoms with Crippen molar-refractivity contribution in [2.24, 2.45) is 0 Å². The van der Waals surface area contributed by atoms with Crippen LogP contribution >= 0.6 is 7.37 Å². The summed E-state index contributed by atoms with van der Waals surface area (Å²) in [5, 5.41) is 0. The molecule has 0 aromatic heterocycles. The Morgan fingerprint density at radius 2 is 1.00 bits per heavy atom. The number of hydrogen-bond acceptors (Lipinski definition) is 1. The fraction of sp³-hybridized carbons (Fsp3) is 1.00. The molecule has 5 heteroatoms. The van der Waals surface area contributed by atoms with E-state index < -0.39 is 7.37 Å². The lowest BCUT2D eigenvalue weighted by molar-refractivity contribution is -0.897. The highest BCUT2D eigenvalue weighted by Gasteiger charge is 2.31. The van der Waals surface area contributed by atoms with Gasteiger partial charge in [-0.3, -0.25) is 4.57 Å². The normalized spacial score (nSPS) is 24.9. The summed E-state index contributed by atoms with van der Waals surface area (Å²) in [5.74, 6) is 0. The average molecular weight is 290 g/mol. The third kappa shape index (κ3) is 5.95. The first-order chi connectivity index (χ1) is 9.16. The van der Waals surface area contributed by atoms with Gasteiger partial charge in [0.25, 0.3) is 0 Å². The summed E-state index contributed by atoms with van der Waals surface area (Å²) in [6.45, 7) is 4.39. The molecule has 2 aliphatic heterocycles. The Balaban J connectivity index is 1.80. The molecule has 0 spiro atoms. The van der Waals surface area contributed by atoms with Crippen molar-refractivity contribution in [3.05, 3.63) is 0 Å². The van der Waals surface area contributed by atoms with Crippen molar-refractivity contribution in [3.63, 3.8) is 0 Å². The second kappa shape index (κ2) is 7.78. The maximum absolute atomic E-state index is 12.5. The first-order valence-electron chi connectivity index (χ1n) is 8.14. The summed E-state index contributed by atoms with van der Waals surface area (Å²) in [6, 6.07) is 0. The highest BCUT2D eigenvalue weighted by atomic mass is 31.2. The molecule has 2 fully saturated rings. The molecular weight excluding hydrogens is 259 g/mol. The van der Waals surface area contributed by atoms with Crippen molar-refractivity contribution in [1.82, 2.24) is 0 Å². The van der Waals surface area contributed by atoms with Gasteiger partial charge in [0.1, 0.15) is 0 Å². The number of hydrogen-bond donors (Lipinski definition) is 3. The SMILES string of the molecule is O=P(O)(C[NH+]1CCCCCC1)C[NH+]1CCCCCC1. The van der Waals surface area contributed by atoms with Crippen LogP contribution in [0.15, 0.2) is 0 Å². The Bertz CT molecular complexity index is 270. The molecule has 3 N–H and O–H groups in total. The van der Waals surface area contributed by atoms with E-state index in [1.807, 2.05) is 0 Å². The molecule has 2 saturated heterocycles. The molecule has 0 aromatic carbocycles. The van der Waals surface area contributed by atoms with E-state index in [0.29, 0.717) is 12.6 Å². The molecule has 2 aliphatic rings. The van der Waals surface area contributed by atoms with Crippen molar-refractivity contribution in [2.45, 2.75) is 51.4 Å². The topological polar surface area (TPSA) is 46.2 Å². The van der Waals surface area contributed by atoms with Crippen molar-refractivity contribution in [2.75, 3.05) is 38.8 Å². The predicted octanol–water partition coefficient (Wildman–Crippen LogP) is 0.0896. The minimum Gasteiger partial charge on any atom is -0.337 e. The van der Waals surface area contributed by atoms with Gasteiger partial charge < -0.3 is 14.7 Å². The third-order valence-electron chi connectivity index (χ3n) is 4.56. The van der Waals surface area contributed by atoms with Gasteiger partial charge in [0.05, 0.1) is 26.2 Å². The molecule has 0 atom stereocenters. The molecule has 0 aromatic rings. The monoisotopic (exact) mass is 290 g/mol. The van der Waals surface area contributed by atoms with Crippen LogP contribution in [0.3, 0.4) is 0 Å². The van der Waals surface area contributed by atoms with Crippen molar-refractivity contribution >= 4 is 7.37 Å². The predicted molar refractivity (Wildman–Crippen MR) is 77.9 cm³/mol. The van der Waals surface area contributed by atoms with Crippen LogP contribution in [-0.2, 0) is 4.57 Å². The lowest BCUT2D eigenvalue weighted by Gasteiger charge is -2.24. The summed E-state index contributed by atoms with van der Waals surface area (Å²) in [5.41, 5.74) is 0. The number of quaternary nitrogens is 2. The fourth-order valence-electron chi connectivity index (χ4n) is 3.53. The number of nitrogens with one attached hydrogen (secondary N) is 2. The molecule has 4 nitrogen and oxygen atoms in total. The van der Waals surface area contributed by atoms with Gasteiger partial charge in [-0.2, -0.15) is 0 Å². The van der Waals surface area contributed by atoms with E-state index in [4.69, 9.17) is 0 Å². The zero-order valence-corrected chi connectivity index (χ0v) is 13.1. The molecule has 0 unspecified atom stereocenters. The van der Waals surface area contributed by atoms with Crippen LogP contribution in [0.1, 0.15) is 51.4 Å². The maximum Gasteiger partial charge on any atom is 0.305 e. The summed E-state index contributed by atoms with van der Waals surface area (Å²) >= 11 is 0. The first kappa shape index (κ1) is 15.5. The molecule has 0 bridgehead atoms. The van der Waals surface area contributed by atoms with Crippen LogP contribution in [-0.4, -0.2) is 43.6 Å². The molecule has 0 aliphatic carbocycles. The van der Waals surface area contributed by atoms with Crippen molar-refractivity contribution in [3.8, 4) is 0 Å². The first-order valence-corrected chi connectivity index (χ1v) is 10.2. The van der Waals surface area contributed by atoms with Gasteiger partial charge in [0.15, 0.2) is 12.6 Å². The standard InChI is InChI=1S/C14H29N2O2P/c17-19(18,13-15-9-5-1-2-6-10-15)14-16-11-7-3-4-8-12-16/h1-14H2,(H,17,18)/p+2. The highest BCUT2D eigenvalue weighted by molar-refractivity contribution is 7.57. The van der Waals surface area contributed by atoms with Gasteiger partial charge in [-0.1, -0.05) is 0 Å². The van der Waals surface area contributed by atoms with E-state index in [9.17, 15) is 9.46 Å². The Morgan fingerprint density at radius 1 is 0.684 bits per heavy atom.